The molecule has 0 radical (unpaired) electrons. The minimum atomic E-state index is -1.40. The van der Waals surface area contributed by atoms with Crippen molar-refractivity contribution in [3.63, 3.8) is 0 Å². The fourth-order valence-corrected chi connectivity index (χ4v) is 2.92. The monoisotopic (exact) mass is 405 g/mol. The van der Waals surface area contributed by atoms with Crippen LogP contribution in [0.5, 0.6) is 17.2 Å². The summed E-state index contributed by atoms with van der Waals surface area (Å²) in [5, 5.41) is 11.1. The lowest BCUT2D eigenvalue weighted by Crippen LogP contribution is -2.21. The van der Waals surface area contributed by atoms with Crippen molar-refractivity contribution < 1.29 is 28.2 Å². The second kappa shape index (κ2) is 7.79. The molecule has 0 spiro atoms. The Balaban J connectivity index is 1.55. The number of carboxylic acid groups (broad SMARTS) is 1. The molecule has 0 amide bonds. The summed E-state index contributed by atoms with van der Waals surface area (Å²) in [5.74, 6) is -0.221. The summed E-state index contributed by atoms with van der Waals surface area (Å²) in [5.41, 5.74) is 2.04. The summed E-state index contributed by atoms with van der Waals surface area (Å²) in [6, 6.07) is 13.2. The van der Waals surface area contributed by atoms with Gasteiger partial charge in [-0.1, -0.05) is 12.1 Å². The van der Waals surface area contributed by atoms with Crippen LogP contribution in [-0.4, -0.2) is 5.97 Å². The first-order valence-electron chi connectivity index (χ1n) is 9.15. The second-order valence-electron chi connectivity index (χ2n) is 6.73. The molecular weight excluding hydrogens is 388 g/mol. The number of benzene rings is 2. The molecule has 0 aliphatic carbocycles. The van der Waals surface area contributed by atoms with Gasteiger partial charge in [-0.05, 0) is 55.3 Å². The summed E-state index contributed by atoms with van der Waals surface area (Å²) in [7, 11) is 0. The Morgan fingerprint density at radius 2 is 1.90 bits per heavy atom. The lowest BCUT2D eigenvalue weighted by atomic mass is 10.1. The van der Waals surface area contributed by atoms with Crippen molar-refractivity contribution in [3.8, 4) is 17.2 Å². The van der Waals surface area contributed by atoms with Crippen LogP contribution in [0.3, 0.4) is 0 Å². The number of carbonyl (C=O) groups is 1. The Hall–Kier alpha value is -4.00. The molecule has 7 nitrogen and oxygen atoms in total. The molecule has 0 saturated heterocycles. The van der Waals surface area contributed by atoms with Crippen LogP contribution in [0, 0.1) is 13.8 Å². The van der Waals surface area contributed by atoms with Crippen LogP contribution in [0.25, 0.3) is 11.0 Å². The molecule has 0 fully saturated rings. The molecule has 0 bridgehead atoms. The zero-order chi connectivity index (χ0) is 21.3. The van der Waals surface area contributed by atoms with Gasteiger partial charge in [-0.25, -0.2) is 0 Å². The van der Waals surface area contributed by atoms with Gasteiger partial charge in [-0.3, -0.25) is 4.79 Å². The number of aromatic carboxylic acids is 1. The van der Waals surface area contributed by atoms with E-state index < -0.39 is 5.97 Å². The van der Waals surface area contributed by atoms with Crippen molar-refractivity contribution in [2.45, 2.75) is 20.5 Å². The van der Waals surface area contributed by atoms with Crippen molar-refractivity contribution in [1.82, 2.24) is 0 Å². The van der Waals surface area contributed by atoms with E-state index in [-0.39, 0.29) is 23.5 Å². The van der Waals surface area contributed by atoms with Crippen LogP contribution in [0.1, 0.15) is 27.4 Å². The molecule has 2 aromatic heterocycles. The van der Waals surface area contributed by atoms with Crippen LogP contribution in [0.2, 0.25) is 0 Å². The van der Waals surface area contributed by atoms with Gasteiger partial charge in [0, 0.05) is 6.07 Å². The quantitative estimate of drug-likeness (QED) is 0.481. The Bertz CT molecular complexity index is 1300. The number of carboxylic acids is 1. The number of aryl methyl sites for hydroxylation is 1. The number of ether oxygens (including phenoxy) is 2. The molecule has 0 N–H and O–H groups in total. The van der Waals surface area contributed by atoms with Gasteiger partial charge in [0.2, 0.25) is 11.2 Å². The Morgan fingerprint density at radius 3 is 2.67 bits per heavy atom. The minimum Gasteiger partial charge on any atom is -0.542 e. The average Bonchev–Trinajstić information content (AvgIpc) is 3.21. The van der Waals surface area contributed by atoms with E-state index in [0.717, 1.165) is 11.1 Å². The molecule has 2 aromatic carbocycles. The van der Waals surface area contributed by atoms with Gasteiger partial charge in [0.1, 0.15) is 47.4 Å². The third-order valence-electron chi connectivity index (χ3n) is 4.73. The van der Waals surface area contributed by atoms with Crippen LogP contribution < -0.4 is 20.0 Å². The number of hydrogen-bond donors (Lipinski definition) is 0. The standard InChI is InChI=1S/C23H18O7/c1-13-4-3-5-18(14(13)2)30-21-12-28-20-10-15(6-8-17(20)22(21)24)27-11-16-7-9-19(29-16)23(25)26/h3-10,12H,11H2,1-2H3,(H,25,26)/p-1. The second-order valence-corrected chi connectivity index (χ2v) is 6.73. The largest absolute Gasteiger partial charge is 0.542 e. The highest BCUT2D eigenvalue weighted by molar-refractivity contribution is 5.82. The van der Waals surface area contributed by atoms with Gasteiger partial charge in [-0.15, -0.1) is 0 Å². The Morgan fingerprint density at radius 1 is 1.07 bits per heavy atom. The van der Waals surface area contributed by atoms with Gasteiger partial charge < -0.3 is 28.2 Å². The SMILES string of the molecule is Cc1cccc(Oc2coc3cc(OCc4ccc(C(=O)[O-])o4)ccc3c2=O)c1C. The summed E-state index contributed by atoms with van der Waals surface area (Å²) >= 11 is 0. The lowest BCUT2D eigenvalue weighted by Gasteiger charge is -2.10. The number of furan rings is 1. The normalized spacial score (nSPS) is 10.9. The number of rotatable bonds is 6. The summed E-state index contributed by atoms with van der Waals surface area (Å²) < 4.78 is 22.0. The first-order chi connectivity index (χ1) is 14.4. The molecule has 0 aliphatic heterocycles. The summed E-state index contributed by atoms with van der Waals surface area (Å²) in [6.45, 7) is 3.90. The maximum atomic E-state index is 12.8. The topological polar surface area (TPSA) is 102 Å². The molecule has 7 heteroatoms. The molecule has 0 aliphatic rings. The van der Waals surface area contributed by atoms with Gasteiger partial charge >= 0.3 is 0 Å². The van der Waals surface area contributed by atoms with Gasteiger partial charge in [0.25, 0.3) is 0 Å². The molecule has 2 heterocycles. The maximum Gasteiger partial charge on any atom is 0.235 e. The van der Waals surface area contributed by atoms with Gasteiger partial charge in [0.05, 0.1) is 5.39 Å². The zero-order valence-electron chi connectivity index (χ0n) is 16.3. The van der Waals surface area contributed by atoms with Crippen LogP contribution in [0.15, 0.2) is 68.4 Å². The Labute approximate surface area is 171 Å². The molecule has 0 atom stereocenters. The highest BCUT2D eigenvalue weighted by Crippen LogP contribution is 2.27. The molecule has 30 heavy (non-hydrogen) atoms. The average molecular weight is 405 g/mol. The predicted molar refractivity (Wildman–Crippen MR) is 106 cm³/mol. The molecule has 4 rings (SSSR count). The highest BCUT2D eigenvalue weighted by Gasteiger charge is 2.12. The van der Waals surface area contributed by atoms with Crippen molar-refractivity contribution in [1.29, 1.82) is 0 Å². The van der Waals surface area contributed by atoms with E-state index in [1.165, 1.54) is 18.4 Å². The van der Waals surface area contributed by atoms with Crippen molar-refractivity contribution in [3.05, 3.63) is 87.7 Å². The predicted octanol–water partition coefficient (Wildman–Crippen LogP) is 3.74. The third-order valence-corrected chi connectivity index (χ3v) is 4.73. The molecule has 4 aromatic rings. The van der Waals surface area contributed by atoms with E-state index in [0.29, 0.717) is 28.2 Å². The van der Waals surface area contributed by atoms with E-state index in [4.69, 9.17) is 18.3 Å². The van der Waals surface area contributed by atoms with Gasteiger partial charge in [-0.2, -0.15) is 0 Å². The smallest absolute Gasteiger partial charge is 0.235 e. The molecule has 0 saturated carbocycles. The Kier molecular flexibility index (Phi) is 5.02. The van der Waals surface area contributed by atoms with E-state index >= 15 is 0 Å². The van der Waals surface area contributed by atoms with Crippen molar-refractivity contribution >= 4 is 16.9 Å². The van der Waals surface area contributed by atoms with Crippen molar-refractivity contribution in [2.24, 2.45) is 0 Å². The molecule has 0 unspecified atom stereocenters. The molecular formula is C23H17O7-. The van der Waals surface area contributed by atoms with Crippen molar-refractivity contribution in [2.75, 3.05) is 0 Å². The minimum absolute atomic E-state index is 0.0108. The van der Waals surface area contributed by atoms with Crippen LogP contribution in [0.4, 0.5) is 0 Å². The van der Waals surface area contributed by atoms with E-state index in [2.05, 4.69) is 0 Å². The van der Waals surface area contributed by atoms with Crippen LogP contribution >= 0.6 is 0 Å². The number of hydrogen-bond acceptors (Lipinski definition) is 7. The van der Waals surface area contributed by atoms with E-state index in [9.17, 15) is 14.7 Å². The summed E-state index contributed by atoms with van der Waals surface area (Å²) in [6.07, 6.45) is 1.27. The maximum absolute atomic E-state index is 12.8. The van der Waals surface area contributed by atoms with Crippen LogP contribution in [-0.2, 0) is 6.61 Å². The lowest BCUT2D eigenvalue weighted by molar-refractivity contribution is -0.257. The first kappa shape index (κ1) is 19.3. The van der Waals surface area contributed by atoms with E-state index in [1.54, 1.807) is 24.3 Å². The van der Waals surface area contributed by atoms with Gasteiger partial charge in [0.15, 0.2) is 0 Å². The molecule has 152 valence electrons. The zero-order valence-corrected chi connectivity index (χ0v) is 16.3. The third kappa shape index (κ3) is 3.77. The number of fused-ring (bicyclic) bond motifs is 1. The first-order valence-corrected chi connectivity index (χ1v) is 9.15. The fourth-order valence-electron chi connectivity index (χ4n) is 2.92. The summed E-state index contributed by atoms with van der Waals surface area (Å²) in [4.78, 5) is 23.5. The number of carbonyl (C=O) groups excluding carboxylic acids is 1. The highest BCUT2D eigenvalue weighted by atomic mass is 16.5. The van der Waals surface area contributed by atoms with E-state index in [1.807, 2.05) is 26.0 Å². The fraction of sp³-hybridized carbons (Fsp3) is 0.130.